The molecule has 138 valence electrons. The van der Waals surface area contributed by atoms with Crippen LogP contribution in [0.4, 0.5) is 0 Å². The monoisotopic (exact) mass is 346 g/mol. The maximum Gasteiger partial charge on any atom is 0.340 e. The smallest absolute Gasteiger partial charge is 0.340 e. The van der Waals surface area contributed by atoms with Gasteiger partial charge >= 0.3 is 5.97 Å². The molecule has 2 heterocycles. The molecule has 1 amide bonds. The SMILES string of the molecule is Cc1[nH]c(C(=O)N2CCC[C@@H]3CCCC[C@H]32)c(C)c1C(=O)OC(C)C. The Morgan fingerprint density at radius 3 is 2.52 bits per heavy atom. The van der Waals surface area contributed by atoms with Gasteiger partial charge in [-0.05, 0) is 64.9 Å². The van der Waals surface area contributed by atoms with Crippen LogP contribution in [-0.4, -0.2) is 40.5 Å². The van der Waals surface area contributed by atoms with E-state index >= 15 is 0 Å². The number of hydrogen-bond acceptors (Lipinski definition) is 3. The number of nitrogens with zero attached hydrogens (tertiary/aromatic N) is 1. The van der Waals surface area contributed by atoms with Gasteiger partial charge in [-0.15, -0.1) is 0 Å². The van der Waals surface area contributed by atoms with Crippen molar-refractivity contribution in [3.8, 4) is 0 Å². The maximum atomic E-state index is 13.2. The molecule has 5 heteroatoms. The average molecular weight is 346 g/mol. The molecule has 1 saturated carbocycles. The molecule has 0 unspecified atom stereocenters. The van der Waals surface area contributed by atoms with Gasteiger partial charge in [0.05, 0.1) is 11.7 Å². The second-order valence-electron chi connectivity index (χ2n) is 7.83. The quantitative estimate of drug-likeness (QED) is 0.842. The van der Waals surface area contributed by atoms with E-state index in [1.165, 1.54) is 25.7 Å². The largest absolute Gasteiger partial charge is 0.459 e. The van der Waals surface area contributed by atoms with Gasteiger partial charge < -0.3 is 14.6 Å². The lowest BCUT2D eigenvalue weighted by molar-refractivity contribution is 0.0376. The molecular weight excluding hydrogens is 316 g/mol. The highest BCUT2D eigenvalue weighted by atomic mass is 16.5. The van der Waals surface area contributed by atoms with Crippen molar-refractivity contribution in [2.45, 2.75) is 78.4 Å². The zero-order chi connectivity index (χ0) is 18.1. The Morgan fingerprint density at radius 2 is 1.80 bits per heavy atom. The maximum absolute atomic E-state index is 13.2. The van der Waals surface area contributed by atoms with Crippen molar-refractivity contribution in [1.82, 2.24) is 9.88 Å². The Labute approximate surface area is 150 Å². The van der Waals surface area contributed by atoms with Gasteiger partial charge in [0.25, 0.3) is 5.91 Å². The number of esters is 1. The number of piperidine rings is 1. The lowest BCUT2D eigenvalue weighted by atomic mass is 9.78. The summed E-state index contributed by atoms with van der Waals surface area (Å²) in [6.07, 6.45) is 6.98. The summed E-state index contributed by atoms with van der Waals surface area (Å²) in [4.78, 5) is 30.8. The van der Waals surface area contributed by atoms with Gasteiger partial charge in [-0.25, -0.2) is 4.79 Å². The van der Waals surface area contributed by atoms with E-state index in [-0.39, 0.29) is 18.0 Å². The molecule has 1 aliphatic carbocycles. The van der Waals surface area contributed by atoms with Gasteiger partial charge in [-0.2, -0.15) is 0 Å². The Bertz CT molecular complexity index is 660. The number of aromatic nitrogens is 1. The van der Waals surface area contributed by atoms with Crippen molar-refractivity contribution >= 4 is 11.9 Å². The number of amides is 1. The van der Waals surface area contributed by atoms with Crippen LogP contribution in [0.2, 0.25) is 0 Å². The minimum atomic E-state index is -0.352. The fraction of sp³-hybridized carbons (Fsp3) is 0.700. The van der Waals surface area contributed by atoms with E-state index in [0.29, 0.717) is 34.5 Å². The highest BCUT2D eigenvalue weighted by molar-refractivity contribution is 6.00. The van der Waals surface area contributed by atoms with Crippen molar-refractivity contribution in [2.24, 2.45) is 5.92 Å². The molecule has 2 aliphatic rings. The van der Waals surface area contributed by atoms with E-state index in [4.69, 9.17) is 4.74 Å². The number of nitrogens with one attached hydrogen (secondary N) is 1. The fourth-order valence-electron chi connectivity index (χ4n) is 4.56. The normalized spacial score (nSPS) is 23.5. The molecule has 1 aromatic rings. The number of carbonyl (C=O) groups is 2. The summed E-state index contributed by atoms with van der Waals surface area (Å²) in [5.41, 5.74) is 2.49. The molecule has 0 radical (unpaired) electrons. The number of aryl methyl sites for hydroxylation is 1. The number of H-pyrrole nitrogens is 1. The minimum absolute atomic E-state index is 0.0424. The van der Waals surface area contributed by atoms with Crippen LogP contribution in [0.15, 0.2) is 0 Å². The first-order chi connectivity index (χ1) is 11.9. The third-order valence-corrected chi connectivity index (χ3v) is 5.70. The van der Waals surface area contributed by atoms with Gasteiger partial charge in [0.2, 0.25) is 0 Å². The molecule has 1 aromatic heterocycles. The van der Waals surface area contributed by atoms with Crippen LogP contribution >= 0.6 is 0 Å². The van der Waals surface area contributed by atoms with Gasteiger partial charge in [0.15, 0.2) is 0 Å². The predicted molar refractivity (Wildman–Crippen MR) is 96.8 cm³/mol. The second-order valence-corrected chi connectivity index (χ2v) is 7.83. The van der Waals surface area contributed by atoms with E-state index in [0.717, 1.165) is 19.4 Å². The van der Waals surface area contributed by atoms with Crippen molar-refractivity contribution in [3.63, 3.8) is 0 Å². The highest BCUT2D eigenvalue weighted by Crippen LogP contribution is 2.36. The predicted octanol–water partition coefficient (Wildman–Crippen LogP) is 3.99. The molecule has 1 aliphatic heterocycles. The molecule has 5 nitrogen and oxygen atoms in total. The van der Waals surface area contributed by atoms with Crippen molar-refractivity contribution < 1.29 is 14.3 Å². The number of ether oxygens (including phenoxy) is 1. The van der Waals surface area contributed by atoms with Crippen molar-refractivity contribution in [3.05, 3.63) is 22.5 Å². The molecule has 0 spiro atoms. The Kier molecular flexibility index (Phi) is 5.21. The van der Waals surface area contributed by atoms with Crippen molar-refractivity contribution in [2.75, 3.05) is 6.54 Å². The third-order valence-electron chi connectivity index (χ3n) is 5.70. The van der Waals surface area contributed by atoms with Crippen LogP contribution in [0, 0.1) is 19.8 Å². The molecule has 2 atom stereocenters. The van der Waals surface area contributed by atoms with Crippen LogP contribution in [0.3, 0.4) is 0 Å². The average Bonchev–Trinajstić information content (AvgIpc) is 2.87. The molecule has 2 fully saturated rings. The van der Waals surface area contributed by atoms with Crippen LogP contribution in [-0.2, 0) is 4.74 Å². The van der Waals surface area contributed by atoms with Crippen molar-refractivity contribution in [1.29, 1.82) is 0 Å². The summed E-state index contributed by atoms with van der Waals surface area (Å²) in [7, 11) is 0. The molecule has 3 rings (SSSR count). The summed E-state index contributed by atoms with van der Waals surface area (Å²) in [6.45, 7) is 8.16. The lowest BCUT2D eigenvalue weighted by Crippen LogP contribution is -2.49. The van der Waals surface area contributed by atoms with E-state index in [1.807, 2.05) is 27.7 Å². The first kappa shape index (κ1) is 18.0. The molecule has 0 bridgehead atoms. The number of hydrogen-bond donors (Lipinski definition) is 1. The van der Waals surface area contributed by atoms with Crippen LogP contribution in [0.5, 0.6) is 0 Å². The Hall–Kier alpha value is -1.78. The molecule has 1 saturated heterocycles. The van der Waals surface area contributed by atoms with E-state index in [1.54, 1.807) is 0 Å². The number of aromatic amines is 1. The molecule has 1 N–H and O–H groups in total. The van der Waals surface area contributed by atoms with E-state index in [2.05, 4.69) is 9.88 Å². The van der Waals surface area contributed by atoms with E-state index in [9.17, 15) is 9.59 Å². The van der Waals surface area contributed by atoms with Gasteiger partial charge in [-0.1, -0.05) is 12.8 Å². The van der Waals surface area contributed by atoms with Gasteiger partial charge in [0.1, 0.15) is 5.69 Å². The highest BCUT2D eigenvalue weighted by Gasteiger charge is 2.37. The summed E-state index contributed by atoms with van der Waals surface area (Å²) in [5.74, 6) is 0.337. The summed E-state index contributed by atoms with van der Waals surface area (Å²) >= 11 is 0. The number of likely N-dealkylation sites (tertiary alicyclic amines) is 1. The number of rotatable bonds is 3. The molecule has 25 heavy (non-hydrogen) atoms. The number of carbonyl (C=O) groups excluding carboxylic acids is 2. The van der Waals surface area contributed by atoms with Crippen LogP contribution in [0.1, 0.15) is 84.5 Å². The summed E-state index contributed by atoms with van der Waals surface area (Å²) in [5, 5.41) is 0. The zero-order valence-electron chi connectivity index (χ0n) is 15.9. The zero-order valence-corrected chi connectivity index (χ0v) is 15.9. The lowest BCUT2D eigenvalue weighted by Gasteiger charge is -2.44. The fourth-order valence-corrected chi connectivity index (χ4v) is 4.56. The second kappa shape index (κ2) is 7.22. The first-order valence-corrected chi connectivity index (χ1v) is 9.61. The van der Waals surface area contributed by atoms with Crippen LogP contribution in [0.25, 0.3) is 0 Å². The molecule has 0 aromatic carbocycles. The minimum Gasteiger partial charge on any atom is -0.459 e. The van der Waals surface area contributed by atoms with Gasteiger partial charge in [-0.3, -0.25) is 4.79 Å². The van der Waals surface area contributed by atoms with E-state index < -0.39 is 0 Å². The summed E-state index contributed by atoms with van der Waals surface area (Å²) < 4.78 is 5.34. The molecular formula is C20H30N2O3. The van der Waals surface area contributed by atoms with Crippen LogP contribution < -0.4 is 0 Å². The standard InChI is InChI=1S/C20H30N2O3/c1-12(2)25-20(24)17-13(3)18(21-14(17)4)19(23)22-11-7-9-15-8-5-6-10-16(15)22/h12,15-16,21H,5-11H2,1-4H3/t15-,16+/m0/s1. The Balaban J connectivity index is 1.86. The Morgan fingerprint density at radius 1 is 1.12 bits per heavy atom. The van der Waals surface area contributed by atoms with Gasteiger partial charge in [0, 0.05) is 18.3 Å². The summed E-state index contributed by atoms with van der Waals surface area (Å²) in [6, 6.07) is 0.365. The topological polar surface area (TPSA) is 62.4 Å². The number of fused-ring (bicyclic) bond motifs is 1. The third kappa shape index (κ3) is 3.46. The first-order valence-electron chi connectivity index (χ1n) is 9.61.